The third-order valence-corrected chi connectivity index (χ3v) is 5.27. The smallest absolute Gasteiger partial charge is 0.273 e. The number of carbonyl (C=O) groups excluding carboxylic acids is 1. The predicted octanol–water partition coefficient (Wildman–Crippen LogP) is 4.09. The number of carbonyl (C=O) groups is 1. The highest BCUT2D eigenvalue weighted by Gasteiger charge is 2.17. The highest BCUT2D eigenvalue weighted by molar-refractivity contribution is 7.99. The minimum absolute atomic E-state index is 0.0727. The van der Waals surface area contributed by atoms with Crippen LogP contribution in [0.5, 0.6) is 5.75 Å². The highest BCUT2D eigenvalue weighted by atomic mass is 32.2. The van der Waals surface area contributed by atoms with Gasteiger partial charge in [0, 0.05) is 18.2 Å². The summed E-state index contributed by atoms with van der Waals surface area (Å²) in [4.78, 5) is 22.8. The van der Waals surface area contributed by atoms with Crippen LogP contribution in [0.15, 0.2) is 60.3 Å². The van der Waals surface area contributed by atoms with Crippen LogP contribution in [0.4, 0.5) is 11.4 Å². The molecule has 0 spiro atoms. The molecule has 31 heavy (non-hydrogen) atoms. The SMILES string of the molecule is C=CCn1c(SCC(=O)Nc2ccc([N+](=O)[O-])cc2OC)nnc1-c1cccc(C)c1. The number of nitro groups is 1. The van der Waals surface area contributed by atoms with Crippen molar-refractivity contribution in [2.24, 2.45) is 0 Å². The van der Waals surface area contributed by atoms with Gasteiger partial charge in [0.15, 0.2) is 11.0 Å². The Morgan fingerprint density at radius 1 is 1.32 bits per heavy atom. The van der Waals surface area contributed by atoms with Crippen molar-refractivity contribution in [3.8, 4) is 17.1 Å². The standard InChI is InChI=1S/C21H21N5O4S/c1-4-10-25-20(15-7-5-6-14(2)11-15)23-24-21(25)31-13-19(27)22-17-9-8-16(26(28)29)12-18(17)30-3/h4-9,11-12H,1,10,13H2,2-3H3,(H,22,27). The van der Waals surface area contributed by atoms with E-state index in [1.54, 1.807) is 6.08 Å². The molecule has 0 aliphatic rings. The van der Waals surface area contributed by atoms with Gasteiger partial charge in [-0.05, 0) is 19.1 Å². The summed E-state index contributed by atoms with van der Waals surface area (Å²) in [5.41, 5.74) is 2.27. The zero-order valence-corrected chi connectivity index (χ0v) is 17.9. The summed E-state index contributed by atoms with van der Waals surface area (Å²) < 4.78 is 7.04. The van der Waals surface area contributed by atoms with Crippen molar-refractivity contribution in [3.05, 3.63) is 70.8 Å². The maximum absolute atomic E-state index is 12.5. The molecule has 0 aliphatic carbocycles. The van der Waals surface area contributed by atoms with Crippen LogP contribution in [0.25, 0.3) is 11.4 Å². The summed E-state index contributed by atoms with van der Waals surface area (Å²) in [6.07, 6.45) is 1.74. The number of hydrogen-bond acceptors (Lipinski definition) is 7. The first-order valence-electron chi connectivity index (χ1n) is 9.29. The molecule has 1 N–H and O–H groups in total. The predicted molar refractivity (Wildman–Crippen MR) is 119 cm³/mol. The number of aromatic nitrogens is 3. The zero-order chi connectivity index (χ0) is 22.4. The minimum atomic E-state index is -0.526. The number of amides is 1. The Morgan fingerprint density at radius 3 is 2.81 bits per heavy atom. The van der Waals surface area contributed by atoms with Crippen LogP contribution in [-0.4, -0.2) is 38.5 Å². The number of allylic oxidation sites excluding steroid dienone is 1. The fraction of sp³-hybridized carbons (Fsp3) is 0.190. The van der Waals surface area contributed by atoms with Crippen molar-refractivity contribution >= 4 is 29.0 Å². The molecule has 1 aromatic heterocycles. The van der Waals surface area contributed by atoms with Crippen molar-refractivity contribution in [2.75, 3.05) is 18.2 Å². The molecule has 0 bridgehead atoms. The fourth-order valence-electron chi connectivity index (χ4n) is 2.90. The van der Waals surface area contributed by atoms with Crippen LogP contribution in [0.3, 0.4) is 0 Å². The van der Waals surface area contributed by atoms with E-state index in [1.807, 2.05) is 35.8 Å². The highest BCUT2D eigenvalue weighted by Crippen LogP contribution is 2.30. The van der Waals surface area contributed by atoms with Crippen LogP contribution in [0, 0.1) is 17.0 Å². The second-order valence-electron chi connectivity index (χ2n) is 6.55. The molecule has 3 rings (SSSR count). The quantitative estimate of drug-likeness (QED) is 0.231. The lowest BCUT2D eigenvalue weighted by Crippen LogP contribution is -2.15. The van der Waals surface area contributed by atoms with Crippen LogP contribution in [0.2, 0.25) is 0 Å². The normalized spacial score (nSPS) is 10.5. The molecule has 3 aromatic rings. The lowest BCUT2D eigenvalue weighted by molar-refractivity contribution is -0.384. The van der Waals surface area contributed by atoms with Crippen LogP contribution >= 0.6 is 11.8 Å². The number of nitrogens with zero attached hydrogens (tertiary/aromatic N) is 4. The molecule has 1 amide bonds. The molecule has 0 radical (unpaired) electrons. The third-order valence-electron chi connectivity index (χ3n) is 4.31. The van der Waals surface area contributed by atoms with Crippen molar-refractivity contribution in [3.63, 3.8) is 0 Å². The molecule has 0 atom stereocenters. The van der Waals surface area contributed by atoms with Gasteiger partial charge in [-0.1, -0.05) is 41.6 Å². The number of hydrogen-bond donors (Lipinski definition) is 1. The van der Waals surface area contributed by atoms with Gasteiger partial charge in [-0.15, -0.1) is 16.8 Å². The van der Waals surface area contributed by atoms with Gasteiger partial charge in [0.2, 0.25) is 5.91 Å². The van der Waals surface area contributed by atoms with Gasteiger partial charge in [0.05, 0.1) is 29.5 Å². The maximum atomic E-state index is 12.5. The Balaban J connectivity index is 1.73. The van der Waals surface area contributed by atoms with Crippen molar-refractivity contribution < 1.29 is 14.5 Å². The second-order valence-corrected chi connectivity index (χ2v) is 7.50. The third kappa shape index (κ3) is 5.28. The number of nitrogens with one attached hydrogen (secondary N) is 1. The molecule has 0 fully saturated rings. The Kier molecular flexibility index (Phi) is 7.03. The minimum Gasteiger partial charge on any atom is -0.494 e. The topological polar surface area (TPSA) is 112 Å². The van der Waals surface area contributed by atoms with Crippen LogP contribution in [-0.2, 0) is 11.3 Å². The number of rotatable bonds is 9. The first-order chi connectivity index (χ1) is 14.9. The van der Waals surface area contributed by atoms with Crippen molar-refractivity contribution in [1.82, 2.24) is 14.8 Å². The van der Waals surface area contributed by atoms with Gasteiger partial charge in [-0.3, -0.25) is 19.5 Å². The summed E-state index contributed by atoms with van der Waals surface area (Å²) in [6.45, 7) is 6.29. The average molecular weight is 439 g/mol. The van der Waals surface area contributed by atoms with Crippen molar-refractivity contribution in [1.29, 1.82) is 0 Å². The van der Waals surface area contributed by atoms with Gasteiger partial charge in [0.25, 0.3) is 5.69 Å². The number of anilines is 1. The van der Waals surface area contributed by atoms with E-state index in [9.17, 15) is 14.9 Å². The van der Waals surface area contributed by atoms with E-state index in [0.29, 0.717) is 23.2 Å². The molecule has 0 aliphatic heterocycles. The number of benzene rings is 2. The fourth-order valence-corrected chi connectivity index (χ4v) is 3.65. The summed E-state index contributed by atoms with van der Waals surface area (Å²) >= 11 is 1.24. The zero-order valence-electron chi connectivity index (χ0n) is 17.1. The number of aryl methyl sites for hydroxylation is 1. The Hall–Kier alpha value is -3.66. The van der Waals surface area contributed by atoms with E-state index in [-0.39, 0.29) is 23.1 Å². The van der Waals surface area contributed by atoms with Gasteiger partial charge in [0.1, 0.15) is 5.75 Å². The van der Waals surface area contributed by atoms with E-state index >= 15 is 0 Å². The van der Waals surface area contributed by atoms with E-state index in [4.69, 9.17) is 4.74 Å². The Labute approximate surface area is 183 Å². The monoisotopic (exact) mass is 439 g/mol. The number of ether oxygens (including phenoxy) is 1. The molecule has 2 aromatic carbocycles. The molecule has 160 valence electrons. The summed E-state index contributed by atoms with van der Waals surface area (Å²) in [5, 5.41) is 22.7. The van der Waals surface area contributed by atoms with Crippen molar-refractivity contribution in [2.45, 2.75) is 18.6 Å². The van der Waals surface area contributed by atoms with E-state index in [0.717, 1.165) is 11.1 Å². The van der Waals surface area contributed by atoms with Crippen LogP contribution in [0.1, 0.15) is 5.56 Å². The molecule has 10 heteroatoms. The average Bonchev–Trinajstić information content (AvgIpc) is 3.15. The molecule has 0 saturated heterocycles. The lowest BCUT2D eigenvalue weighted by Gasteiger charge is -2.10. The number of thioether (sulfide) groups is 1. The Bertz CT molecular complexity index is 1130. The van der Waals surface area contributed by atoms with Gasteiger partial charge in [-0.25, -0.2) is 0 Å². The summed E-state index contributed by atoms with van der Waals surface area (Å²) in [5.74, 6) is 0.679. The second kappa shape index (κ2) is 9.90. The van der Waals surface area contributed by atoms with E-state index in [2.05, 4.69) is 22.1 Å². The number of non-ortho nitro benzene ring substituents is 1. The van der Waals surface area contributed by atoms with E-state index in [1.165, 1.54) is 37.1 Å². The van der Waals surface area contributed by atoms with E-state index < -0.39 is 4.92 Å². The summed E-state index contributed by atoms with van der Waals surface area (Å²) in [6, 6.07) is 11.9. The molecule has 0 saturated carbocycles. The molecule has 1 heterocycles. The maximum Gasteiger partial charge on any atom is 0.273 e. The first-order valence-corrected chi connectivity index (χ1v) is 10.3. The molecule has 9 nitrogen and oxygen atoms in total. The molecular formula is C21H21N5O4S. The summed E-state index contributed by atoms with van der Waals surface area (Å²) in [7, 11) is 1.38. The number of methoxy groups -OCH3 is 1. The van der Waals surface area contributed by atoms with Gasteiger partial charge >= 0.3 is 0 Å². The largest absolute Gasteiger partial charge is 0.494 e. The Morgan fingerprint density at radius 2 is 2.13 bits per heavy atom. The number of nitro benzene ring substituents is 1. The van der Waals surface area contributed by atoms with Gasteiger partial charge < -0.3 is 10.1 Å². The first kappa shape index (κ1) is 22.0. The van der Waals surface area contributed by atoms with Crippen LogP contribution < -0.4 is 10.1 Å². The molecule has 0 unspecified atom stereocenters. The van der Waals surface area contributed by atoms with Gasteiger partial charge in [-0.2, -0.15) is 0 Å². The lowest BCUT2D eigenvalue weighted by atomic mass is 10.1. The molecular weight excluding hydrogens is 418 g/mol.